The first-order chi connectivity index (χ1) is 10.1. The quantitative estimate of drug-likeness (QED) is 0.843. The minimum Gasteiger partial charge on any atom is -0.337 e. The second-order valence-electron chi connectivity index (χ2n) is 5.33. The third-order valence-corrected chi connectivity index (χ3v) is 5.62. The van der Waals surface area contributed by atoms with Crippen molar-refractivity contribution in [2.75, 3.05) is 0 Å². The molecule has 1 aromatic heterocycles. The molecular weight excluding hydrogens is 304 g/mol. The standard InChI is InChI=1S/C14H20N4OS2/c1-3-11-16-13(21-18-11)20-10(2)12(19)17-14(9-15)7-5-4-6-8-14/h10H,3-8H2,1-2H3,(H,17,19)/t10-/m0/s1. The van der Waals surface area contributed by atoms with Crippen LogP contribution in [0.2, 0.25) is 0 Å². The van der Waals surface area contributed by atoms with Gasteiger partial charge in [-0.05, 0) is 31.3 Å². The highest BCUT2D eigenvalue weighted by atomic mass is 32.2. The molecule has 0 saturated heterocycles. The molecule has 0 radical (unpaired) electrons. The molecule has 1 N–H and O–H groups in total. The maximum Gasteiger partial charge on any atom is 0.234 e. The van der Waals surface area contributed by atoms with Gasteiger partial charge in [0.15, 0.2) is 4.34 Å². The van der Waals surface area contributed by atoms with Crippen molar-refractivity contribution < 1.29 is 4.79 Å². The van der Waals surface area contributed by atoms with Crippen molar-refractivity contribution in [1.82, 2.24) is 14.7 Å². The molecule has 1 amide bonds. The van der Waals surface area contributed by atoms with E-state index in [0.29, 0.717) is 0 Å². The Morgan fingerprint density at radius 2 is 2.24 bits per heavy atom. The molecule has 0 spiro atoms. The van der Waals surface area contributed by atoms with Gasteiger partial charge in [-0.1, -0.05) is 37.9 Å². The van der Waals surface area contributed by atoms with Crippen molar-refractivity contribution in [3.8, 4) is 6.07 Å². The molecule has 1 heterocycles. The number of hydrogen-bond acceptors (Lipinski definition) is 6. The van der Waals surface area contributed by atoms with E-state index in [2.05, 4.69) is 20.7 Å². The van der Waals surface area contributed by atoms with E-state index in [1.807, 2.05) is 13.8 Å². The summed E-state index contributed by atoms with van der Waals surface area (Å²) in [7, 11) is 0. The first-order valence-electron chi connectivity index (χ1n) is 7.31. The van der Waals surface area contributed by atoms with Crippen molar-refractivity contribution in [2.45, 2.75) is 67.5 Å². The highest BCUT2D eigenvalue weighted by Gasteiger charge is 2.35. The van der Waals surface area contributed by atoms with Gasteiger partial charge in [-0.15, -0.1) is 0 Å². The van der Waals surface area contributed by atoms with Crippen LogP contribution in [-0.2, 0) is 11.2 Å². The average molecular weight is 324 g/mol. The second-order valence-corrected chi connectivity index (χ2v) is 7.67. The van der Waals surface area contributed by atoms with Gasteiger partial charge in [0.25, 0.3) is 0 Å². The van der Waals surface area contributed by atoms with Gasteiger partial charge in [0.1, 0.15) is 11.4 Å². The molecule has 0 aromatic carbocycles. The van der Waals surface area contributed by atoms with Crippen LogP contribution in [0.15, 0.2) is 4.34 Å². The topological polar surface area (TPSA) is 78.7 Å². The van der Waals surface area contributed by atoms with E-state index in [9.17, 15) is 10.1 Å². The van der Waals surface area contributed by atoms with Gasteiger partial charge in [0.2, 0.25) is 5.91 Å². The Kier molecular flexibility index (Phi) is 5.59. The number of aromatic nitrogens is 2. The Morgan fingerprint density at radius 3 is 2.81 bits per heavy atom. The Morgan fingerprint density at radius 1 is 1.52 bits per heavy atom. The van der Waals surface area contributed by atoms with Crippen molar-refractivity contribution in [3.05, 3.63) is 5.82 Å². The van der Waals surface area contributed by atoms with Crippen LogP contribution in [0.4, 0.5) is 0 Å². The Bertz CT molecular complexity index is 531. The number of carbonyl (C=O) groups is 1. The molecule has 0 unspecified atom stereocenters. The summed E-state index contributed by atoms with van der Waals surface area (Å²) in [6.45, 7) is 3.85. The smallest absolute Gasteiger partial charge is 0.234 e. The molecule has 1 aromatic rings. The summed E-state index contributed by atoms with van der Waals surface area (Å²) in [6.07, 6.45) is 5.47. The van der Waals surface area contributed by atoms with Crippen LogP contribution in [0, 0.1) is 11.3 Å². The van der Waals surface area contributed by atoms with E-state index >= 15 is 0 Å². The maximum absolute atomic E-state index is 12.3. The number of thioether (sulfide) groups is 1. The minimum atomic E-state index is -0.667. The summed E-state index contributed by atoms with van der Waals surface area (Å²) in [4.78, 5) is 16.7. The number of aryl methyl sites for hydroxylation is 1. The first kappa shape index (κ1) is 16.2. The largest absolute Gasteiger partial charge is 0.337 e. The maximum atomic E-state index is 12.3. The SMILES string of the molecule is CCc1nsc(S[C@@H](C)C(=O)NC2(C#N)CCCCC2)n1. The van der Waals surface area contributed by atoms with E-state index < -0.39 is 5.54 Å². The number of nitriles is 1. The minimum absolute atomic E-state index is 0.0864. The lowest BCUT2D eigenvalue weighted by Crippen LogP contribution is -2.50. The number of carbonyl (C=O) groups excluding carboxylic acids is 1. The van der Waals surface area contributed by atoms with Gasteiger partial charge in [0.05, 0.1) is 11.3 Å². The molecule has 0 aliphatic heterocycles. The van der Waals surface area contributed by atoms with Crippen LogP contribution >= 0.6 is 23.3 Å². The molecule has 0 bridgehead atoms. The molecule has 1 saturated carbocycles. The van der Waals surface area contributed by atoms with Gasteiger partial charge in [-0.2, -0.15) is 9.64 Å². The van der Waals surface area contributed by atoms with E-state index in [1.54, 1.807) is 0 Å². The summed E-state index contributed by atoms with van der Waals surface area (Å²) in [5, 5.41) is 12.1. The Hall–Kier alpha value is -1.13. The van der Waals surface area contributed by atoms with Crippen LogP contribution in [0.5, 0.6) is 0 Å². The molecule has 21 heavy (non-hydrogen) atoms. The Balaban J connectivity index is 1.94. The third-order valence-electron chi connectivity index (χ3n) is 3.70. The van der Waals surface area contributed by atoms with Gasteiger partial charge in [-0.3, -0.25) is 4.79 Å². The van der Waals surface area contributed by atoms with Gasteiger partial charge >= 0.3 is 0 Å². The van der Waals surface area contributed by atoms with Crippen LogP contribution < -0.4 is 5.32 Å². The van der Waals surface area contributed by atoms with Crippen molar-refractivity contribution >= 4 is 29.2 Å². The van der Waals surface area contributed by atoms with Crippen LogP contribution in [0.1, 0.15) is 51.8 Å². The van der Waals surface area contributed by atoms with Crippen LogP contribution in [0.25, 0.3) is 0 Å². The summed E-state index contributed by atoms with van der Waals surface area (Å²) in [5.41, 5.74) is -0.667. The number of amides is 1. The lowest BCUT2D eigenvalue weighted by atomic mass is 9.83. The second kappa shape index (κ2) is 7.23. The Labute approximate surface area is 133 Å². The van der Waals surface area contributed by atoms with Gasteiger partial charge in [0, 0.05) is 6.42 Å². The fourth-order valence-corrected chi connectivity index (χ4v) is 4.23. The van der Waals surface area contributed by atoms with E-state index in [4.69, 9.17) is 0 Å². The average Bonchev–Trinajstić information content (AvgIpc) is 2.95. The molecule has 7 heteroatoms. The van der Waals surface area contributed by atoms with Crippen LogP contribution in [-0.4, -0.2) is 26.1 Å². The molecule has 1 atom stereocenters. The number of hydrogen-bond donors (Lipinski definition) is 1. The molecular formula is C14H20N4OS2. The zero-order chi connectivity index (χ0) is 15.3. The van der Waals surface area contributed by atoms with E-state index in [1.165, 1.54) is 23.3 Å². The molecule has 114 valence electrons. The highest BCUT2D eigenvalue weighted by molar-refractivity contribution is 8.02. The van der Waals surface area contributed by atoms with Crippen molar-refractivity contribution in [2.24, 2.45) is 0 Å². The highest BCUT2D eigenvalue weighted by Crippen LogP contribution is 2.29. The third kappa shape index (κ3) is 4.17. The fraction of sp³-hybridized carbons (Fsp3) is 0.714. The number of nitrogens with zero attached hydrogens (tertiary/aromatic N) is 3. The van der Waals surface area contributed by atoms with Gasteiger partial charge < -0.3 is 5.32 Å². The number of nitrogens with one attached hydrogen (secondary N) is 1. The lowest BCUT2D eigenvalue weighted by Gasteiger charge is -2.32. The first-order valence-corrected chi connectivity index (χ1v) is 8.96. The zero-order valence-corrected chi connectivity index (χ0v) is 14.0. The van der Waals surface area contributed by atoms with E-state index in [0.717, 1.165) is 48.7 Å². The monoisotopic (exact) mass is 324 g/mol. The molecule has 5 nitrogen and oxygen atoms in total. The lowest BCUT2D eigenvalue weighted by molar-refractivity contribution is -0.121. The van der Waals surface area contributed by atoms with Crippen LogP contribution in [0.3, 0.4) is 0 Å². The van der Waals surface area contributed by atoms with Crippen molar-refractivity contribution in [1.29, 1.82) is 5.26 Å². The fourth-order valence-electron chi connectivity index (χ4n) is 2.39. The predicted octanol–water partition coefficient (Wildman–Crippen LogP) is 2.92. The molecule has 2 rings (SSSR count). The predicted molar refractivity (Wildman–Crippen MR) is 84.2 cm³/mol. The zero-order valence-electron chi connectivity index (χ0n) is 12.4. The summed E-state index contributed by atoms with van der Waals surface area (Å²) in [6, 6.07) is 2.31. The number of rotatable bonds is 5. The molecule has 1 aliphatic carbocycles. The van der Waals surface area contributed by atoms with Gasteiger partial charge in [-0.25, -0.2) is 4.98 Å². The normalized spacial score (nSPS) is 18.7. The molecule has 1 fully saturated rings. The summed E-state index contributed by atoms with van der Waals surface area (Å²) >= 11 is 2.74. The molecule has 1 aliphatic rings. The van der Waals surface area contributed by atoms with E-state index in [-0.39, 0.29) is 11.2 Å². The van der Waals surface area contributed by atoms with Crippen molar-refractivity contribution in [3.63, 3.8) is 0 Å². The summed E-state index contributed by atoms with van der Waals surface area (Å²) < 4.78 is 5.03. The summed E-state index contributed by atoms with van der Waals surface area (Å²) in [5.74, 6) is 0.729.